The van der Waals surface area contributed by atoms with Gasteiger partial charge in [-0.1, -0.05) is 18.1 Å². The lowest BCUT2D eigenvalue weighted by atomic mass is 10.0. The molecule has 28 heavy (non-hydrogen) atoms. The van der Waals surface area contributed by atoms with Crippen LogP contribution in [0.2, 0.25) is 0 Å². The summed E-state index contributed by atoms with van der Waals surface area (Å²) in [6.07, 6.45) is 5.30. The number of rotatable bonds is 2. The average molecular weight is 377 g/mol. The van der Waals surface area contributed by atoms with Crippen molar-refractivity contribution < 1.29 is 9.50 Å². The van der Waals surface area contributed by atoms with E-state index in [0.717, 1.165) is 25.7 Å². The fourth-order valence-electron chi connectivity index (χ4n) is 3.82. The molecule has 6 nitrogen and oxygen atoms in total. The molecular weight excluding hydrogens is 357 g/mol. The number of anilines is 1. The largest absolute Gasteiger partial charge is 0.382 e. The Labute approximate surface area is 161 Å². The Balaban J connectivity index is 1.65. The molecule has 7 heteroatoms. The summed E-state index contributed by atoms with van der Waals surface area (Å²) in [7, 11) is 0. The van der Waals surface area contributed by atoms with Crippen LogP contribution in [0.25, 0.3) is 22.6 Å². The zero-order valence-corrected chi connectivity index (χ0v) is 15.3. The molecule has 2 aliphatic rings. The number of benzene rings is 1. The van der Waals surface area contributed by atoms with Gasteiger partial charge in [-0.05, 0) is 56.6 Å². The second-order valence-corrected chi connectivity index (χ2v) is 7.64. The number of nitrogens with zero attached hydrogens (tertiary/aromatic N) is 4. The zero-order chi connectivity index (χ0) is 19.3. The van der Waals surface area contributed by atoms with Gasteiger partial charge in [0.05, 0.1) is 0 Å². The molecule has 2 aromatic heterocycles. The average Bonchev–Trinajstić information content (AvgIpc) is 3.29. The number of hydrogen-bond acceptors (Lipinski definition) is 5. The van der Waals surface area contributed by atoms with Crippen molar-refractivity contribution in [2.75, 3.05) is 5.73 Å². The first-order chi connectivity index (χ1) is 13.5. The fourth-order valence-corrected chi connectivity index (χ4v) is 3.82. The normalized spacial score (nSPS) is 18.2. The number of aromatic nitrogens is 4. The van der Waals surface area contributed by atoms with Gasteiger partial charge in [-0.2, -0.15) is 0 Å². The molecule has 0 aliphatic heterocycles. The summed E-state index contributed by atoms with van der Waals surface area (Å²) in [6.45, 7) is 0. The van der Waals surface area contributed by atoms with Gasteiger partial charge in [0.1, 0.15) is 17.2 Å². The molecule has 2 aliphatic carbocycles. The summed E-state index contributed by atoms with van der Waals surface area (Å²) in [5, 5.41) is 10.5. The van der Waals surface area contributed by atoms with Crippen LogP contribution in [0.4, 0.5) is 10.2 Å². The Bertz CT molecular complexity index is 1130. The molecule has 0 unspecified atom stereocenters. The van der Waals surface area contributed by atoms with Gasteiger partial charge < -0.3 is 15.4 Å². The van der Waals surface area contributed by atoms with Crippen LogP contribution in [0.5, 0.6) is 0 Å². The fraction of sp³-hybridized carbons (Fsp3) is 0.381. The zero-order valence-electron chi connectivity index (χ0n) is 15.3. The summed E-state index contributed by atoms with van der Waals surface area (Å²) in [5.41, 5.74) is 6.97. The van der Waals surface area contributed by atoms with E-state index in [4.69, 9.17) is 5.73 Å². The number of imidazole rings is 1. The van der Waals surface area contributed by atoms with Crippen LogP contribution in [0.15, 0.2) is 24.3 Å². The lowest BCUT2D eigenvalue weighted by Crippen LogP contribution is -2.20. The molecule has 0 spiro atoms. The molecule has 0 bridgehead atoms. The quantitative estimate of drug-likeness (QED) is 0.670. The maximum atomic E-state index is 13.8. The van der Waals surface area contributed by atoms with Gasteiger partial charge in [-0.15, -0.1) is 0 Å². The maximum Gasteiger partial charge on any atom is 0.209 e. The van der Waals surface area contributed by atoms with Crippen molar-refractivity contribution in [3.05, 3.63) is 35.9 Å². The summed E-state index contributed by atoms with van der Waals surface area (Å²) in [4.78, 5) is 13.5. The van der Waals surface area contributed by atoms with Gasteiger partial charge in [0.15, 0.2) is 17.0 Å². The van der Waals surface area contributed by atoms with Crippen molar-refractivity contribution in [3.8, 4) is 23.2 Å². The highest BCUT2D eigenvalue weighted by molar-refractivity contribution is 5.86. The van der Waals surface area contributed by atoms with E-state index in [0.29, 0.717) is 35.4 Å². The van der Waals surface area contributed by atoms with E-state index < -0.39 is 5.60 Å². The number of halogens is 1. The van der Waals surface area contributed by atoms with Crippen LogP contribution >= 0.6 is 0 Å². The lowest BCUT2D eigenvalue weighted by molar-refractivity contribution is 0.110. The van der Waals surface area contributed by atoms with Crippen molar-refractivity contribution in [1.29, 1.82) is 0 Å². The van der Waals surface area contributed by atoms with Crippen LogP contribution in [0, 0.1) is 17.7 Å². The first kappa shape index (κ1) is 17.1. The lowest BCUT2D eigenvalue weighted by Gasteiger charge is -2.12. The van der Waals surface area contributed by atoms with Crippen molar-refractivity contribution in [1.82, 2.24) is 19.5 Å². The highest BCUT2D eigenvalue weighted by atomic mass is 19.1. The Hall–Kier alpha value is -2.98. The van der Waals surface area contributed by atoms with E-state index in [-0.39, 0.29) is 23.5 Å². The van der Waals surface area contributed by atoms with E-state index in [1.54, 1.807) is 6.07 Å². The molecule has 3 N–H and O–H groups in total. The summed E-state index contributed by atoms with van der Waals surface area (Å²) in [5.74, 6) is 6.66. The first-order valence-corrected chi connectivity index (χ1v) is 9.59. The summed E-state index contributed by atoms with van der Waals surface area (Å²) >= 11 is 0. The molecule has 0 atom stereocenters. The number of nitrogens with two attached hydrogens (primary N) is 1. The third kappa shape index (κ3) is 3.00. The van der Waals surface area contributed by atoms with E-state index in [2.05, 4.69) is 26.8 Å². The Kier molecular flexibility index (Phi) is 3.84. The van der Waals surface area contributed by atoms with Gasteiger partial charge in [0.25, 0.3) is 0 Å². The molecule has 142 valence electrons. The second-order valence-electron chi connectivity index (χ2n) is 7.64. The summed E-state index contributed by atoms with van der Waals surface area (Å²) in [6, 6.07) is 6.61. The van der Waals surface area contributed by atoms with Gasteiger partial charge in [0.2, 0.25) is 5.82 Å². The predicted molar refractivity (Wildman–Crippen MR) is 104 cm³/mol. The molecule has 2 saturated carbocycles. The maximum absolute atomic E-state index is 13.8. The standard InChI is InChI=1S/C21H20FN5O/c22-14-5-3-4-13(12-14)19-26-17-18(23)24-16(8-11-21(28)9-1-2-10-21)25-20(17)27(19)15-6-7-15/h3-5,12,15,28H,1-2,6-7,9-10H2,(H2,23,24,25). The predicted octanol–water partition coefficient (Wildman–Crippen LogP) is 3.21. The minimum absolute atomic E-state index is 0.241. The Morgan fingerprint density at radius 3 is 2.68 bits per heavy atom. The van der Waals surface area contributed by atoms with Crippen LogP contribution in [0.3, 0.4) is 0 Å². The molecule has 1 aromatic carbocycles. The second kappa shape index (κ2) is 6.28. The number of nitrogen functional groups attached to an aromatic ring is 1. The molecule has 2 heterocycles. The van der Waals surface area contributed by atoms with Crippen LogP contribution < -0.4 is 5.73 Å². The van der Waals surface area contributed by atoms with Crippen molar-refractivity contribution in [2.45, 2.75) is 50.2 Å². The highest BCUT2D eigenvalue weighted by Crippen LogP contribution is 2.41. The van der Waals surface area contributed by atoms with Crippen LogP contribution in [-0.4, -0.2) is 30.2 Å². The van der Waals surface area contributed by atoms with Crippen molar-refractivity contribution in [2.24, 2.45) is 0 Å². The molecular formula is C21H20FN5O. The third-order valence-corrected chi connectivity index (χ3v) is 5.40. The number of hydrogen-bond donors (Lipinski definition) is 2. The van der Waals surface area contributed by atoms with Crippen LogP contribution in [0.1, 0.15) is 50.4 Å². The SMILES string of the molecule is Nc1nc(C#CC2(O)CCCC2)nc2c1nc(-c1cccc(F)c1)n2C1CC1. The summed E-state index contributed by atoms with van der Waals surface area (Å²) < 4.78 is 15.8. The van der Waals surface area contributed by atoms with Crippen molar-refractivity contribution >= 4 is 17.0 Å². The van der Waals surface area contributed by atoms with E-state index in [1.165, 1.54) is 12.1 Å². The number of aliphatic hydroxyl groups is 1. The molecule has 0 radical (unpaired) electrons. The molecule has 0 amide bonds. The molecule has 2 fully saturated rings. The Morgan fingerprint density at radius 2 is 1.96 bits per heavy atom. The molecule has 5 rings (SSSR count). The van der Waals surface area contributed by atoms with Crippen LogP contribution in [-0.2, 0) is 0 Å². The molecule has 3 aromatic rings. The van der Waals surface area contributed by atoms with E-state index >= 15 is 0 Å². The van der Waals surface area contributed by atoms with Gasteiger partial charge >= 0.3 is 0 Å². The monoisotopic (exact) mass is 377 g/mol. The molecule has 0 saturated heterocycles. The van der Waals surface area contributed by atoms with E-state index in [9.17, 15) is 9.50 Å². The number of fused-ring (bicyclic) bond motifs is 1. The topological polar surface area (TPSA) is 89.8 Å². The van der Waals surface area contributed by atoms with E-state index in [1.807, 2.05) is 10.6 Å². The van der Waals surface area contributed by atoms with Gasteiger partial charge in [-0.3, -0.25) is 0 Å². The highest BCUT2D eigenvalue weighted by Gasteiger charge is 2.31. The van der Waals surface area contributed by atoms with Gasteiger partial charge in [0, 0.05) is 11.6 Å². The smallest absolute Gasteiger partial charge is 0.209 e. The van der Waals surface area contributed by atoms with Gasteiger partial charge in [-0.25, -0.2) is 19.3 Å². The first-order valence-electron chi connectivity index (χ1n) is 9.59. The third-order valence-electron chi connectivity index (χ3n) is 5.40. The minimum Gasteiger partial charge on any atom is -0.382 e. The Morgan fingerprint density at radius 1 is 1.18 bits per heavy atom. The van der Waals surface area contributed by atoms with Crippen molar-refractivity contribution in [3.63, 3.8) is 0 Å². The minimum atomic E-state index is -0.962.